The molecule has 1 heterocycles. The number of nitrogens with one attached hydrogen (secondary N) is 1. The summed E-state index contributed by atoms with van der Waals surface area (Å²) in [6.45, 7) is 5.15. The lowest BCUT2D eigenvalue weighted by Crippen LogP contribution is -2.49. The Morgan fingerprint density at radius 1 is 1.50 bits per heavy atom. The molecule has 16 heavy (non-hydrogen) atoms. The largest absolute Gasteiger partial charge is 0.497 e. The van der Waals surface area contributed by atoms with Crippen molar-refractivity contribution in [2.45, 2.75) is 13.0 Å². The molecule has 1 aliphatic rings. The Hall–Kier alpha value is -1.42. The molecule has 0 radical (unpaired) electrons. The van der Waals surface area contributed by atoms with Gasteiger partial charge in [-0.1, -0.05) is 0 Å². The molecular weight excluding hydrogens is 202 g/mol. The molecule has 1 aromatic rings. The second-order valence-corrected chi connectivity index (χ2v) is 4.23. The summed E-state index contributed by atoms with van der Waals surface area (Å²) < 4.78 is 5.23. The van der Waals surface area contributed by atoms with Crippen molar-refractivity contribution >= 4 is 11.4 Å². The van der Waals surface area contributed by atoms with Crippen molar-refractivity contribution in [2.75, 3.05) is 37.4 Å². The van der Waals surface area contributed by atoms with Gasteiger partial charge < -0.3 is 20.7 Å². The van der Waals surface area contributed by atoms with Crippen LogP contribution in [0, 0.1) is 0 Å². The Bertz CT molecular complexity index is 367. The van der Waals surface area contributed by atoms with E-state index in [4.69, 9.17) is 10.5 Å². The summed E-state index contributed by atoms with van der Waals surface area (Å²) in [6.07, 6.45) is 0. The summed E-state index contributed by atoms with van der Waals surface area (Å²) >= 11 is 0. The van der Waals surface area contributed by atoms with Crippen molar-refractivity contribution in [3.8, 4) is 5.75 Å². The normalized spacial score (nSPS) is 20.9. The molecule has 0 amide bonds. The topological polar surface area (TPSA) is 50.5 Å². The monoisotopic (exact) mass is 221 g/mol. The van der Waals surface area contributed by atoms with E-state index in [1.54, 1.807) is 7.11 Å². The molecule has 0 aliphatic carbocycles. The number of hydrogen-bond donors (Lipinski definition) is 2. The fourth-order valence-corrected chi connectivity index (χ4v) is 2.08. The van der Waals surface area contributed by atoms with Crippen LogP contribution in [0.2, 0.25) is 0 Å². The van der Waals surface area contributed by atoms with E-state index in [0.29, 0.717) is 6.04 Å². The summed E-state index contributed by atoms with van der Waals surface area (Å²) in [5, 5.41) is 3.42. The Kier molecular flexibility index (Phi) is 3.19. The Labute approximate surface area is 96.4 Å². The van der Waals surface area contributed by atoms with Gasteiger partial charge in [0.25, 0.3) is 0 Å². The van der Waals surface area contributed by atoms with Crippen LogP contribution in [0.3, 0.4) is 0 Å². The molecule has 1 aromatic carbocycles. The van der Waals surface area contributed by atoms with Crippen LogP contribution < -0.4 is 20.7 Å². The number of ether oxygens (including phenoxy) is 1. The van der Waals surface area contributed by atoms with Crippen molar-refractivity contribution in [3.63, 3.8) is 0 Å². The molecule has 0 spiro atoms. The molecule has 1 saturated heterocycles. The second kappa shape index (κ2) is 4.61. The lowest BCUT2D eigenvalue weighted by molar-refractivity contribution is 0.414. The fraction of sp³-hybridized carbons (Fsp3) is 0.500. The van der Waals surface area contributed by atoms with Gasteiger partial charge in [0, 0.05) is 31.7 Å². The molecule has 0 bridgehead atoms. The van der Waals surface area contributed by atoms with Gasteiger partial charge in [0.2, 0.25) is 0 Å². The third-order valence-electron chi connectivity index (χ3n) is 2.95. The van der Waals surface area contributed by atoms with Gasteiger partial charge in [0.15, 0.2) is 0 Å². The summed E-state index contributed by atoms with van der Waals surface area (Å²) in [5.74, 6) is 0.857. The van der Waals surface area contributed by atoms with Crippen LogP contribution in [-0.2, 0) is 0 Å². The second-order valence-electron chi connectivity index (χ2n) is 4.23. The van der Waals surface area contributed by atoms with E-state index >= 15 is 0 Å². The first-order chi connectivity index (χ1) is 7.70. The Morgan fingerprint density at radius 3 is 3.00 bits per heavy atom. The number of benzene rings is 1. The highest BCUT2D eigenvalue weighted by Gasteiger charge is 2.18. The highest BCUT2D eigenvalue weighted by atomic mass is 16.5. The van der Waals surface area contributed by atoms with Gasteiger partial charge in [0.1, 0.15) is 5.75 Å². The zero-order valence-corrected chi connectivity index (χ0v) is 9.86. The van der Waals surface area contributed by atoms with Crippen LogP contribution >= 0.6 is 0 Å². The lowest BCUT2D eigenvalue weighted by atomic mass is 10.1. The quantitative estimate of drug-likeness (QED) is 0.734. The first kappa shape index (κ1) is 11.1. The molecule has 4 heteroatoms. The first-order valence-electron chi connectivity index (χ1n) is 5.62. The van der Waals surface area contributed by atoms with Crippen molar-refractivity contribution < 1.29 is 4.74 Å². The first-order valence-corrected chi connectivity index (χ1v) is 5.62. The van der Waals surface area contributed by atoms with Crippen LogP contribution in [0.15, 0.2) is 18.2 Å². The van der Waals surface area contributed by atoms with Crippen molar-refractivity contribution in [2.24, 2.45) is 0 Å². The predicted molar refractivity (Wildman–Crippen MR) is 67.1 cm³/mol. The minimum atomic E-state index is 0.499. The van der Waals surface area contributed by atoms with E-state index in [2.05, 4.69) is 17.1 Å². The Morgan fingerprint density at radius 2 is 2.31 bits per heavy atom. The number of anilines is 2. The maximum absolute atomic E-state index is 6.00. The van der Waals surface area contributed by atoms with Crippen molar-refractivity contribution in [1.29, 1.82) is 0 Å². The SMILES string of the molecule is COc1ccc(N)c(N2CCNC(C)C2)c1. The van der Waals surface area contributed by atoms with Crippen molar-refractivity contribution in [3.05, 3.63) is 18.2 Å². The molecule has 0 aromatic heterocycles. The van der Waals surface area contributed by atoms with Gasteiger partial charge in [-0.05, 0) is 19.1 Å². The van der Waals surface area contributed by atoms with Gasteiger partial charge in [-0.25, -0.2) is 0 Å². The van der Waals surface area contributed by atoms with E-state index in [9.17, 15) is 0 Å². The molecule has 3 N–H and O–H groups in total. The van der Waals surface area contributed by atoms with E-state index in [-0.39, 0.29) is 0 Å². The minimum Gasteiger partial charge on any atom is -0.497 e. The van der Waals surface area contributed by atoms with E-state index in [1.165, 1.54) is 0 Å². The number of rotatable bonds is 2. The number of nitrogen functional groups attached to an aromatic ring is 1. The van der Waals surface area contributed by atoms with E-state index in [0.717, 1.165) is 36.8 Å². The van der Waals surface area contributed by atoms with Crippen molar-refractivity contribution in [1.82, 2.24) is 5.32 Å². The highest BCUT2D eigenvalue weighted by molar-refractivity contribution is 5.69. The van der Waals surface area contributed by atoms with Gasteiger partial charge in [-0.15, -0.1) is 0 Å². The predicted octanol–water partition coefficient (Wildman–Crippen LogP) is 1.08. The standard InChI is InChI=1S/C12H19N3O/c1-9-8-15(6-5-14-9)12-7-10(16-2)3-4-11(12)13/h3-4,7,9,14H,5-6,8,13H2,1-2H3. The summed E-state index contributed by atoms with van der Waals surface area (Å²) in [4.78, 5) is 2.30. The zero-order valence-electron chi connectivity index (χ0n) is 9.86. The van der Waals surface area contributed by atoms with Gasteiger partial charge in [-0.2, -0.15) is 0 Å². The molecule has 4 nitrogen and oxygen atoms in total. The molecule has 1 unspecified atom stereocenters. The number of methoxy groups -OCH3 is 1. The number of hydrogen-bond acceptors (Lipinski definition) is 4. The molecule has 88 valence electrons. The van der Waals surface area contributed by atoms with Crippen LogP contribution in [0.4, 0.5) is 11.4 Å². The van der Waals surface area contributed by atoms with Gasteiger partial charge >= 0.3 is 0 Å². The van der Waals surface area contributed by atoms with Crippen LogP contribution in [0.25, 0.3) is 0 Å². The summed E-state index contributed by atoms with van der Waals surface area (Å²) in [7, 11) is 1.68. The molecular formula is C12H19N3O. The molecule has 1 fully saturated rings. The molecule has 1 aliphatic heterocycles. The lowest BCUT2D eigenvalue weighted by Gasteiger charge is -2.34. The molecule has 0 saturated carbocycles. The minimum absolute atomic E-state index is 0.499. The number of nitrogens with two attached hydrogens (primary N) is 1. The third-order valence-corrected chi connectivity index (χ3v) is 2.95. The van der Waals surface area contributed by atoms with Crippen LogP contribution in [-0.4, -0.2) is 32.8 Å². The summed E-state index contributed by atoms with van der Waals surface area (Å²) in [6, 6.07) is 6.30. The molecule has 2 rings (SSSR count). The number of nitrogens with zero attached hydrogens (tertiary/aromatic N) is 1. The van der Waals surface area contributed by atoms with Crippen LogP contribution in [0.5, 0.6) is 5.75 Å². The van der Waals surface area contributed by atoms with Crippen LogP contribution in [0.1, 0.15) is 6.92 Å². The number of piperazine rings is 1. The highest BCUT2D eigenvalue weighted by Crippen LogP contribution is 2.28. The average molecular weight is 221 g/mol. The van der Waals surface area contributed by atoms with Gasteiger partial charge in [0.05, 0.1) is 18.5 Å². The maximum Gasteiger partial charge on any atom is 0.121 e. The summed E-state index contributed by atoms with van der Waals surface area (Å²) in [5.41, 5.74) is 7.89. The third kappa shape index (κ3) is 2.22. The maximum atomic E-state index is 6.00. The zero-order chi connectivity index (χ0) is 11.5. The van der Waals surface area contributed by atoms with E-state index in [1.807, 2.05) is 18.2 Å². The average Bonchev–Trinajstić information content (AvgIpc) is 2.30. The Balaban J connectivity index is 2.24. The van der Waals surface area contributed by atoms with E-state index < -0.39 is 0 Å². The smallest absolute Gasteiger partial charge is 0.121 e. The molecule has 1 atom stereocenters. The fourth-order valence-electron chi connectivity index (χ4n) is 2.08. The van der Waals surface area contributed by atoms with Gasteiger partial charge in [-0.3, -0.25) is 0 Å².